The van der Waals surface area contributed by atoms with Crippen molar-refractivity contribution < 1.29 is 8.42 Å². The van der Waals surface area contributed by atoms with Gasteiger partial charge in [-0.25, -0.2) is 8.42 Å². The Hall–Kier alpha value is -2.98. The molecule has 5 nitrogen and oxygen atoms in total. The molecule has 32 heavy (non-hydrogen) atoms. The van der Waals surface area contributed by atoms with Gasteiger partial charge in [-0.3, -0.25) is 4.90 Å². The molecule has 1 fully saturated rings. The van der Waals surface area contributed by atoms with Crippen LogP contribution in [0, 0.1) is 18.3 Å². The molecule has 1 heterocycles. The summed E-state index contributed by atoms with van der Waals surface area (Å²) >= 11 is 0. The molecule has 0 unspecified atom stereocenters. The molecular formula is C26H27N3O2S. The Kier molecular flexibility index (Phi) is 6.71. The first-order valence-electron chi connectivity index (χ1n) is 10.8. The van der Waals surface area contributed by atoms with Crippen molar-refractivity contribution in [2.75, 3.05) is 26.2 Å². The van der Waals surface area contributed by atoms with Crippen molar-refractivity contribution in [2.45, 2.75) is 24.8 Å². The van der Waals surface area contributed by atoms with Crippen molar-refractivity contribution in [3.05, 3.63) is 89.5 Å². The largest absolute Gasteiger partial charge is 0.298 e. The Morgan fingerprint density at radius 1 is 0.875 bits per heavy atom. The third kappa shape index (κ3) is 4.91. The van der Waals surface area contributed by atoms with Gasteiger partial charge in [0, 0.05) is 26.2 Å². The molecule has 6 heteroatoms. The molecule has 0 aliphatic carbocycles. The fourth-order valence-corrected chi connectivity index (χ4v) is 5.55. The second kappa shape index (κ2) is 9.66. The standard InChI is InChI=1S/C26H27N3O2S/c1-21-7-13-25(14-8-21)32(30,31)29-16-4-15-28(17-18-29)20-22-9-11-23(12-10-22)26-6-3-2-5-24(26)19-27/h2-3,5-14H,4,15-18,20H2,1H3. The highest BCUT2D eigenvalue weighted by Crippen LogP contribution is 2.24. The van der Waals surface area contributed by atoms with Crippen molar-refractivity contribution in [3.8, 4) is 17.2 Å². The monoisotopic (exact) mass is 445 g/mol. The van der Waals surface area contributed by atoms with Gasteiger partial charge in [-0.1, -0.05) is 60.2 Å². The van der Waals surface area contributed by atoms with Crippen LogP contribution >= 0.6 is 0 Å². The van der Waals surface area contributed by atoms with E-state index in [0.29, 0.717) is 30.1 Å². The van der Waals surface area contributed by atoms with E-state index in [1.54, 1.807) is 16.4 Å². The van der Waals surface area contributed by atoms with E-state index in [0.717, 1.165) is 36.2 Å². The highest BCUT2D eigenvalue weighted by Gasteiger charge is 2.26. The number of hydrogen-bond acceptors (Lipinski definition) is 4. The second-order valence-electron chi connectivity index (χ2n) is 8.20. The lowest BCUT2D eigenvalue weighted by Crippen LogP contribution is -2.35. The van der Waals surface area contributed by atoms with Gasteiger partial charge in [0.1, 0.15) is 0 Å². The zero-order chi connectivity index (χ0) is 22.6. The number of benzene rings is 3. The number of rotatable bonds is 5. The Bertz CT molecular complexity index is 1210. The molecule has 164 valence electrons. The maximum absolute atomic E-state index is 13.0. The summed E-state index contributed by atoms with van der Waals surface area (Å²) in [4.78, 5) is 2.67. The summed E-state index contributed by atoms with van der Waals surface area (Å²) in [5.74, 6) is 0. The van der Waals surface area contributed by atoms with E-state index in [9.17, 15) is 13.7 Å². The first-order valence-corrected chi connectivity index (χ1v) is 12.3. The third-order valence-electron chi connectivity index (χ3n) is 5.92. The third-order valence-corrected chi connectivity index (χ3v) is 7.84. The van der Waals surface area contributed by atoms with Gasteiger partial charge in [0.15, 0.2) is 0 Å². The first-order chi connectivity index (χ1) is 15.5. The molecule has 4 rings (SSSR count). The van der Waals surface area contributed by atoms with Crippen molar-refractivity contribution >= 4 is 10.0 Å². The molecule has 3 aromatic carbocycles. The minimum absolute atomic E-state index is 0.366. The summed E-state index contributed by atoms with van der Waals surface area (Å²) in [6.07, 6.45) is 0.804. The Morgan fingerprint density at radius 2 is 1.59 bits per heavy atom. The van der Waals surface area contributed by atoms with Crippen LogP contribution in [0.4, 0.5) is 0 Å². The minimum atomic E-state index is -3.46. The number of nitriles is 1. The van der Waals surface area contributed by atoms with Crippen LogP contribution in [-0.4, -0.2) is 43.8 Å². The fourth-order valence-electron chi connectivity index (χ4n) is 4.09. The van der Waals surface area contributed by atoms with Crippen LogP contribution in [-0.2, 0) is 16.6 Å². The summed E-state index contributed by atoms with van der Waals surface area (Å²) in [7, 11) is -3.46. The van der Waals surface area contributed by atoms with E-state index in [1.807, 2.05) is 43.3 Å². The molecule has 1 aliphatic rings. The zero-order valence-electron chi connectivity index (χ0n) is 18.2. The van der Waals surface area contributed by atoms with Crippen molar-refractivity contribution in [3.63, 3.8) is 0 Å². The van der Waals surface area contributed by atoms with E-state index in [-0.39, 0.29) is 0 Å². The Balaban J connectivity index is 1.41. The molecule has 3 aromatic rings. The van der Waals surface area contributed by atoms with Crippen LogP contribution in [0.25, 0.3) is 11.1 Å². The van der Waals surface area contributed by atoms with Crippen LogP contribution in [0.15, 0.2) is 77.7 Å². The Labute approximate surface area is 190 Å². The topological polar surface area (TPSA) is 64.4 Å². The summed E-state index contributed by atoms with van der Waals surface area (Å²) in [5.41, 5.74) is 4.86. The normalized spacial score (nSPS) is 15.8. The van der Waals surface area contributed by atoms with Gasteiger partial charge in [-0.05, 0) is 54.8 Å². The molecule has 0 bridgehead atoms. The SMILES string of the molecule is Cc1ccc(S(=O)(=O)N2CCCN(Cc3ccc(-c4ccccc4C#N)cc3)CC2)cc1. The number of sulfonamides is 1. The number of nitrogens with zero attached hydrogens (tertiary/aromatic N) is 3. The lowest BCUT2D eigenvalue weighted by Gasteiger charge is -2.22. The van der Waals surface area contributed by atoms with Crippen molar-refractivity contribution in [2.24, 2.45) is 0 Å². The lowest BCUT2D eigenvalue weighted by molar-refractivity contribution is 0.278. The summed E-state index contributed by atoms with van der Waals surface area (Å²) < 4.78 is 27.7. The molecule has 0 amide bonds. The van der Waals surface area contributed by atoms with Gasteiger partial charge >= 0.3 is 0 Å². The summed E-state index contributed by atoms with van der Waals surface area (Å²) in [6.45, 7) is 5.32. The average molecular weight is 446 g/mol. The van der Waals surface area contributed by atoms with Crippen LogP contribution in [0.2, 0.25) is 0 Å². The van der Waals surface area contributed by atoms with Gasteiger partial charge in [0.05, 0.1) is 16.5 Å². The predicted octanol–water partition coefficient (Wildman–Crippen LogP) is 4.43. The second-order valence-corrected chi connectivity index (χ2v) is 10.1. The first kappa shape index (κ1) is 22.2. The quantitative estimate of drug-likeness (QED) is 0.583. The number of hydrogen-bond donors (Lipinski definition) is 0. The molecule has 0 aromatic heterocycles. The lowest BCUT2D eigenvalue weighted by atomic mass is 9.99. The van der Waals surface area contributed by atoms with E-state index < -0.39 is 10.0 Å². The molecule has 0 atom stereocenters. The minimum Gasteiger partial charge on any atom is -0.298 e. The molecule has 1 aliphatic heterocycles. The highest BCUT2D eigenvalue weighted by atomic mass is 32.2. The predicted molar refractivity (Wildman–Crippen MR) is 126 cm³/mol. The van der Waals surface area contributed by atoms with Crippen molar-refractivity contribution in [1.82, 2.24) is 9.21 Å². The maximum atomic E-state index is 13.0. The molecular weight excluding hydrogens is 418 g/mol. The van der Waals surface area contributed by atoms with Gasteiger partial charge in [0.2, 0.25) is 10.0 Å². The fraction of sp³-hybridized carbons (Fsp3) is 0.269. The average Bonchev–Trinajstić information content (AvgIpc) is 3.06. The maximum Gasteiger partial charge on any atom is 0.243 e. The highest BCUT2D eigenvalue weighted by molar-refractivity contribution is 7.89. The summed E-state index contributed by atoms with van der Waals surface area (Å²) in [5, 5.41) is 9.34. The zero-order valence-corrected chi connectivity index (χ0v) is 19.1. The van der Waals surface area contributed by atoms with Gasteiger partial charge < -0.3 is 0 Å². The van der Waals surface area contributed by atoms with Crippen LogP contribution in [0.3, 0.4) is 0 Å². The van der Waals surface area contributed by atoms with E-state index in [4.69, 9.17) is 0 Å². The van der Waals surface area contributed by atoms with Crippen LogP contribution in [0.5, 0.6) is 0 Å². The van der Waals surface area contributed by atoms with E-state index in [2.05, 4.69) is 35.2 Å². The van der Waals surface area contributed by atoms with E-state index >= 15 is 0 Å². The van der Waals surface area contributed by atoms with Crippen molar-refractivity contribution in [1.29, 1.82) is 5.26 Å². The Morgan fingerprint density at radius 3 is 2.31 bits per heavy atom. The van der Waals surface area contributed by atoms with Gasteiger partial charge in [0.25, 0.3) is 0 Å². The van der Waals surface area contributed by atoms with Gasteiger partial charge in [-0.15, -0.1) is 0 Å². The molecule has 0 radical (unpaired) electrons. The smallest absolute Gasteiger partial charge is 0.243 e. The molecule has 0 spiro atoms. The van der Waals surface area contributed by atoms with Crippen LogP contribution in [0.1, 0.15) is 23.1 Å². The van der Waals surface area contributed by atoms with Crippen LogP contribution < -0.4 is 0 Å². The van der Waals surface area contributed by atoms with E-state index in [1.165, 1.54) is 5.56 Å². The molecule has 1 saturated heterocycles. The number of aryl methyl sites for hydroxylation is 1. The molecule has 0 N–H and O–H groups in total. The van der Waals surface area contributed by atoms with Gasteiger partial charge in [-0.2, -0.15) is 9.57 Å². The summed E-state index contributed by atoms with van der Waals surface area (Å²) in [6, 6.07) is 25.2. The molecule has 0 saturated carbocycles.